The van der Waals surface area contributed by atoms with Gasteiger partial charge in [0.25, 0.3) is 11.9 Å². The fraction of sp³-hybridized carbons (Fsp3) is 0.417. The average molecular weight is 434 g/mol. The minimum Gasteiger partial charge on any atom is -0.490 e. The van der Waals surface area contributed by atoms with Gasteiger partial charge in [0, 0.05) is 36.8 Å². The number of amides is 1. The quantitative estimate of drug-likeness (QED) is 0.676. The molecule has 1 aromatic heterocycles. The number of anilines is 3. The molecule has 3 aromatic rings. The van der Waals surface area contributed by atoms with Gasteiger partial charge in [0.05, 0.1) is 25.4 Å². The Morgan fingerprint density at radius 3 is 2.91 bits per heavy atom. The molecule has 4 heterocycles. The lowest BCUT2D eigenvalue weighted by atomic mass is 9.78. The monoisotopic (exact) mass is 434 g/mol. The molecule has 2 fully saturated rings. The Kier molecular flexibility index (Phi) is 4.50. The van der Waals surface area contributed by atoms with Gasteiger partial charge >= 0.3 is 0 Å². The lowest BCUT2D eigenvalue weighted by Crippen LogP contribution is -2.54. The fourth-order valence-corrected chi connectivity index (χ4v) is 4.82. The molecule has 1 N–H and O–H groups in total. The van der Waals surface area contributed by atoms with Crippen LogP contribution in [0.25, 0.3) is 11.1 Å². The maximum atomic E-state index is 12.9. The highest BCUT2D eigenvalue weighted by Gasteiger charge is 2.43. The molecule has 1 amide bonds. The Morgan fingerprint density at radius 1 is 1.16 bits per heavy atom. The number of benzene rings is 2. The number of hydrogen-bond acceptors (Lipinski definition) is 7. The number of nitrogens with one attached hydrogen (secondary N) is 1. The van der Waals surface area contributed by atoms with Crippen molar-refractivity contribution in [2.24, 2.45) is 5.41 Å². The van der Waals surface area contributed by atoms with E-state index >= 15 is 0 Å². The highest BCUT2D eigenvalue weighted by atomic mass is 16.5. The van der Waals surface area contributed by atoms with E-state index in [-0.39, 0.29) is 11.3 Å². The van der Waals surface area contributed by atoms with Crippen LogP contribution < -0.4 is 19.9 Å². The zero-order valence-electron chi connectivity index (χ0n) is 18.1. The summed E-state index contributed by atoms with van der Waals surface area (Å²) in [7, 11) is 2.00. The molecule has 0 aliphatic carbocycles. The summed E-state index contributed by atoms with van der Waals surface area (Å²) in [6.45, 7) is 4.96. The molecule has 32 heavy (non-hydrogen) atoms. The minimum absolute atomic E-state index is 0.169. The van der Waals surface area contributed by atoms with Crippen molar-refractivity contribution in [1.29, 1.82) is 0 Å². The Hall–Kier alpha value is -3.26. The number of carbonyl (C=O) groups is 1. The van der Waals surface area contributed by atoms with Gasteiger partial charge in [0.1, 0.15) is 17.9 Å². The predicted octanol–water partition coefficient (Wildman–Crippen LogP) is 3.53. The van der Waals surface area contributed by atoms with Crippen LogP contribution in [0, 0.1) is 5.41 Å². The van der Waals surface area contributed by atoms with Crippen LogP contribution in [0.5, 0.6) is 5.75 Å². The first-order valence-corrected chi connectivity index (χ1v) is 11.1. The first-order valence-electron chi connectivity index (χ1n) is 11.1. The zero-order chi connectivity index (χ0) is 21.7. The summed E-state index contributed by atoms with van der Waals surface area (Å²) in [5.41, 5.74) is 3.91. The maximum Gasteiger partial charge on any atom is 0.298 e. The van der Waals surface area contributed by atoms with Gasteiger partial charge in [-0.1, -0.05) is 0 Å². The second kappa shape index (κ2) is 7.41. The number of nitrogens with zero attached hydrogens (tertiary/aromatic N) is 3. The van der Waals surface area contributed by atoms with Crippen LogP contribution in [-0.4, -0.2) is 57.4 Å². The number of oxazole rings is 1. The first-order chi connectivity index (χ1) is 15.6. The summed E-state index contributed by atoms with van der Waals surface area (Å²) in [6.07, 6.45) is 2.31. The van der Waals surface area contributed by atoms with Gasteiger partial charge in [-0.15, -0.1) is 0 Å². The second-order valence-corrected chi connectivity index (χ2v) is 9.10. The Bertz CT molecular complexity index is 1190. The summed E-state index contributed by atoms with van der Waals surface area (Å²) in [5, 5.41) is 2.98. The highest BCUT2D eigenvalue weighted by molar-refractivity contribution is 6.05. The van der Waals surface area contributed by atoms with Crippen molar-refractivity contribution in [2.75, 3.05) is 61.6 Å². The molecule has 8 nitrogen and oxygen atoms in total. The smallest absolute Gasteiger partial charge is 0.298 e. The normalized spacial score (nSPS) is 19.4. The molecule has 6 rings (SSSR count). The van der Waals surface area contributed by atoms with Gasteiger partial charge in [-0.3, -0.25) is 4.79 Å². The number of likely N-dealkylation sites (N-methyl/N-ethyl adjacent to an activating group) is 1. The Balaban J connectivity index is 1.20. The summed E-state index contributed by atoms with van der Waals surface area (Å²) in [4.78, 5) is 21.9. The minimum atomic E-state index is -0.169. The molecule has 3 aliphatic rings. The van der Waals surface area contributed by atoms with E-state index in [0.29, 0.717) is 23.9 Å². The Morgan fingerprint density at radius 2 is 2.06 bits per heavy atom. The summed E-state index contributed by atoms with van der Waals surface area (Å²) in [6, 6.07) is 11.7. The van der Waals surface area contributed by atoms with Gasteiger partial charge in [0.15, 0.2) is 5.58 Å². The largest absolute Gasteiger partial charge is 0.490 e. The maximum absolute atomic E-state index is 12.9. The van der Waals surface area contributed by atoms with Crippen molar-refractivity contribution < 1.29 is 18.7 Å². The number of carbonyl (C=O) groups excluding carboxylic acids is 1. The van der Waals surface area contributed by atoms with Crippen molar-refractivity contribution in [3.05, 3.63) is 42.0 Å². The molecule has 3 aliphatic heterocycles. The van der Waals surface area contributed by atoms with Crippen molar-refractivity contribution in [3.63, 3.8) is 0 Å². The molecule has 2 aromatic carbocycles. The van der Waals surface area contributed by atoms with E-state index in [1.54, 1.807) is 6.07 Å². The van der Waals surface area contributed by atoms with Crippen LogP contribution in [0.2, 0.25) is 0 Å². The number of fused-ring (bicyclic) bond motifs is 2. The summed E-state index contributed by atoms with van der Waals surface area (Å²) in [5.74, 6) is 0.637. The number of hydrogen-bond donors (Lipinski definition) is 1. The van der Waals surface area contributed by atoms with Crippen molar-refractivity contribution >= 4 is 34.4 Å². The van der Waals surface area contributed by atoms with Crippen LogP contribution in [0.1, 0.15) is 23.2 Å². The van der Waals surface area contributed by atoms with E-state index < -0.39 is 0 Å². The third kappa shape index (κ3) is 3.35. The lowest BCUT2D eigenvalue weighted by molar-refractivity contribution is -0.118. The second-order valence-electron chi connectivity index (χ2n) is 9.10. The topological polar surface area (TPSA) is 80.1 Å². The molecule has 1 spiro atoms. The van der Waals surface area contributed by atoms with E-state index in [0.717, 1.165) is 61.8 Å². The van der Waals surface area contributed by atoms with Crippen molar-refractivity contribution in [1.82, 2.24) is 4.98 Å². The lowest BCUT2D eigenvalue weighted by Gasteiger charge is -2.47. The predicted molar refractivity (Wildman–Crippen MR) is 122 cm³/mol. The van der Waals surface area contributed by atoms with Crippen LogP contribution in [0.15, 0.2) is 40.8 Å². The number of piperidine rings is 1. The Labute approximate surface area is 186 Å². The number of aromatic nitrogens is 1. The molecule has 0 unspecified atom stereocenters. The molecule has 0 atom stereocenters. The van der Waals surface area contributed by atoms with Crippen LogP contribution >= 0.6 is 0 Å². The molecule has 2 saturated heterocycles. The zero-order valence-corrected chi connectivity index (χ0v) is 18.1. The van der Waals surface area contributed by atoms with Crippen molar-refractivity contribution in [3.8, 4) is 5.75 Å². The molecule has 0 saturated carbocycles. The van der Waals surface area contributed by atoms with E-state index in [1.165, 1.54) is 6.42 Å². The van der Waals surface area contributed by atoms with E-state index in [9.17, 15) is 4.79 Å². The molecule has 0 radical (unpaired) electrons. The molecule has 0 bridgehead atoms. The van der Waals surface area contributed by atoms with Crippen molar-refractivity contribution in [2.45, 2.75) is 12.8 Å². The fourth-order valence-electron chi connectivity index (χ4n) is 4.82. The third-order valence-electron chi connectivity index (χ3n) is 6.70. The summed E-state index contributed by atoms with van der Waals surface area (Å²) < 4.78 is 17.2. The average Bonchev–Trinajstić information content (AvgIpc) is 3.22. The molecular formula is C24H26N4O4. The van der Waals surface area contributed by atoms with E-state index in [2.05, 4.69) is 15.1 Å². The highest BCUT2D eigenvalue weighted by Crippen LogP contribution is 2.39. The van der Waals surface area contributed by atoms with Crippen LogP contribution in [0.3, 0.4) is 0 Å². The van der Waals surface area contributed by atoms with Gasteiger partial charge < -0.3 is 29.0 Å². The van der Waals surface area contributed by atoms with Crippen LogP contribution in [0.4, 0.5) is 17.4 Å². The third-order valence-corrected chi connectivity index (χ3v) is 6.70. The number of rotatable bonds is 3. The van der Waals surface area contributed by atoms with Gasteiger partial charge in [0.2, 0.25) is 0 Å². The molecule has 8 heteroatoms. The van der Waals surface area contributed by atoms with Crippen LogP contribution in [-0.2, 0) is 4.74 Å². The number of ether oxygens (including phenoxy) is 2. The molecular weight excluding hydrogens is 408 g/mol. The summed E-state index contributed by atoms with van der Waals surface area (Å²) >= 11 is 0. The van der Waals surface area contributed by atoms with Gasteiger partial charge in [-0.05, 0) is 49.2 Å². The SMILES string of the molecule is CN1CCOc2ccc(C(=O)Nc3ccc4oc(N5CCCC6(COC6)C5)nc4c3)cc21. The van der Waals surface area contributed by atoms with Gasteiger partial charge in [-0.25, -0.2) is 0 Å². The molecule has 166 valence electrons. The van der Waals surface area contributed by atoms with E-state index in [1.807, 2.05) is 37.4 Å². The van der Waals surface area contributed by atoms with Gasteiger partial charge in [-0.2, -0.15) is 4.98 Å². The first kappa shape index (κ1) is 19.4. The van der Waals surface area contributed by atoms with E-state index in [4.69, 9.17) is 18.9 Å². The standard InChI is InChI=1S/C24H26N4O4/c1-27-9-10-31-21-5-3-16(11-19(21)27)22(29)25-17-4-6-20-18(12-17)26-23(32-20)28-8-2-7-24(13-28)14-30-15-24/h3-6,11-12H,2,7-10,13-15H2,1H3,(H,25,29).